The van der Waals surface area contributed by atoms with Gasteiger partial charge in [-0.1, -0.05) is 0 Å². The van der Waals surface area contributed by atoms with E-state index in [0.717, 1.165) is 5.56 Å². The van der Waals surface area contributed by atoms with Crippen LogP contribution < -0.4 is 5.32 Å². The molecule has 0 aliphatic carbocycles. The number of ether oxygens (including phenoxy) is 1. The van der Waals surface area contributed by atoms with E-state index in [9.17, 15) is 9.59 Å². The van der Waals surface area contributed by atoms with E-state index in [-0.39, 0.29) is 12.5 Å². The van der Waals surface area contributed by atoms with Gasteiger partial charge in [0.05, 0.1) is 6.54 Å². The SMILES string of the molecule is O=C(CN1CCOC1=O)NCCc1nc(-c2cccnc2)n[nH]1. The van der Waals surface area contributed by atoms with Crippen LogP contribution in [-0.2, 0) is 16.0 Å². The number of nitrogens with one attached hydrogen (secondary N) is 2. The molecule has 23 heavy (non-hydrogen) atoms. The molecule has 0 aromatic carbocycles. The molecule has 2 aromatic rings. The molecule has 0 spiro atoms. The smallest absolute Gasteiger partial charge is 0.410 e. The summed E-state index contributed by atoms with van der Waals surface area (Å²) in [5.74, 6) is 1.01. The third-order valence-corrected chi connectivity index (χ3v) is 3.31. The van der Waals surface area contributed by atoms with Gasteiger partial charge in [0.25, 0.3) is 0 Å². The first-order chi connectivity index (χ1) is 11.2. The third kappa shape index (κ3) is 3.82. The fourth-order valence-corrected chi connectivity index (χ4v) is 2.15. The minimum atomic E-state index is -0.448. The quantitative estimate of drug-likeness (QED) is 0.774. The maximum atomic E-state index is 11.7. The summed E-state index contributed by atoms with van der Waals surface area (Å²) in [5, 5.41) is 9.69. The Morgan fingerprint density at radius 1 is 1.48 bits per heavy atom. The van der Waals surface area contributed by atoms with Gasteiger partial charge in [-0.2, -0.15) is 5.10 Å². The molecule has 9 nitrogen and oxygen atoms in total. The van der Waals surface area contributed by atoms with Crippen LogP contribution in [-0.4, -0.2) is 63.3 Å². The zero-order valence-electron chi connectivity index (χ0n) is 12.4. The van der Waals surface area contributed by atoms with Crippen molar-refractivity contribution in [2.24, 2.45) is 0 Å². The molecule has 1 saturated heterocycles. The van der Waals surface area contributed by atoms with Gasteiger partial charge in [-0.3, -0.25) is 19.8 Å². The number of carbonyl (C=O) groups is 2. The number of nitrogens with zero attached hydrogens (tertiary/aromatic N) is 4. The number of pyridine rings is 1. The second-order valence-corrected chi connectivity index (χ2v) is 4.98. The maximum Gasteiger partial charge on any atom is 0.410 e. The van der Waals surface area contributed by atoms with Gasteiger partial charge in [-0.05, 0) is 12.1 Å². The van der Waals surface area contributed by atoms with Crippen molar-refractivity contribution in [2.45, 2.75) is 6.42 Å². The van der Waals surface area contributed by atoms with Gasteiger partial charge in [-0.15, -0.1) is 0 Å². The number of rotatable bonds is 6. The van der Waals surface area contributed by atoms with Gasteiger partial charge in [0.2, 0.25) is 5.91 Å². The molecule has 120 valence electrons. The van der Waals surface area contributed by atoms with Crippen molar-refractivity contribution in [1.29, 1.82) is 0 Å². The molecule has 2 amide bonds. The number of aromatic amines is 1. The minimum absolute atomic E-state index is 0.0101. The normalized spacial score (nSPS) is 13.9. The molecule has 1 fully saturated rings. The second kappa shape index (κ2) is 6.86. The number of aromatic nitrogens is 4. The van der Waals surface area contributed by atoms with Crippen LogP contribution in [0, 0.1) is 0 Å². The summed E-state index contributed by atoms with van der Waals surface area (Å²) >= 11 is 0. The van der Waals surface area contributed by atoms with E-state index in [2.05, 4.69) is 25.5 Å². The first kappa shape index (κ1) is 14.9. The summed E-state index contributed by atoms with van der Waals surface area (Å²) in [5.41, 5.74) is 0.826. The lowest BCUT2D eigenvalue weighted by Gasteiger charge is -2.11. The maximum absolute atomic E-state index is 11.7. The van der Waals surface area contributed by atoms with E-state index >= 15 is 0 Å². The molecule has 0 atom stereocenters. The second-order valence-electron chi connectivity index (χ2n) is 4.98. The fraction of sp³-hybridized carbons (Fsp3) is 0.357. The summed E-state index contributed by atoms with van der Waals surface area (Å²) in [6.07, 6.45) is 3.44. The predicted molar refractivity (Wildman–Crippen MR) is 79.2 cm³/mol. The van der Waals surface area contributed by atoms with Gasteiger partial charge in [0.15, 0.2) is 5.82 Å². The summed E-state index contributed by atoms with van der Waals surface area (Å²) in [7, 11) is 0. The van der Waals surface area contributed by atoms with Crippen molar-refractivity contribution < 1.29 is 14.3 Å². The molecule has 1 aliphatic rings. The highest BCUT2D eigenvalue weighted by molar-refractivity contribution is 5.82. The van der Waals surface area contributed by atoms with E-state index in [1.54, 1.807) is 12.4 Å². The Bertz CT molecular complexity index is 687. The number of cyclic esters (lactones) is 1. The zero-order chi connectivity index (χ0) is 16.1. The molecule has 0 unspecified atom stereocenters. The van der Waals surface area contributed by atoms with Crippen LogP contribution in [0.25, 0.3) is 11.4 Å². The third-order valence-electron chi connectivity index (χ3n) is 3.31. The van der Waals surface area contributed by atoms with Crippen molar-refractivity contribution in [3.63, 3.8) is 0 Å². The monoisotopic (exact) mass is 316 g/mol. The molecule has 2 aromatic heterocycles. The van der Waals surface area contributed by atoms with Crippen molar-refractivity contribution in [2.75, 3.05) is 26.2 Å². The van der Waals surface area contributed by atoms with Gasteiger partial charge >= 0.3 is 6.09 Å². The Kier molecular flexibility index (Phi) is 4.46. The van der Waals surface area contributed by atoms with Crippen molar-refractivity contribution in [1.82, 2.24) is 30.4 Å². The molecule has 2 N–H and O–H groups in total. The number of carbonyl (C=O) groups excluding carboxylic acids is 2. The number of hydrogen-bond donors (Lipinski definition) is 2. The Hall–Kier alpha value is -2.97. The molecule has 0 radical (unpaired) electrons. The Balaban J connectivity index is 1.45. The van der Waals surface area contributed by atoms with E-state index < -0.39 is 6.09 Å². The molecule has 3 rings (SSSR count). The van der Waals surface area contributed by atoms with Crippen LogP contribution >= 0.6 is 0 Å². The first-order valence-electron chi connectivity index (χ1n) is 7.22. The van der Waals surface area contributed by atoms with Gasteiger partial charge in [0, 0.05) is 30.9 Å². The lowest BCUT2D eigenvalue weighted by atomic mass is 10.3. The average molecular weight is 316 g/mol. The topological polar surface area (TPSA) is 113 Å². The number of hydrogen-bond acceptors (Lipinski definition) is 6. The van der Waals surface area contributed by atoms with Crippen LogP contribution in [0.4, 0.5) is 4.79 Å². The van der Waals surface area contributed by atoms with E-state index in [0.29, 0.717) is 37.8 Å². The van der Waals surface area contributed by atoms with Crippen LogP contribution in [0.3, 0.4) is 0 Å². The van der Waals surface area contributed by atoms with Crippen LogP contribution in [0.15, 0.2) is 24.5 Å². The average Bonchev–Trinajstić information content (AvgIpc) is 3.18. The fourth-order valence-electron chi connectivity index (χ4n) is 2.15. The standard InChI is InChI=1S/C14H16N6O3/c21-12(9-20-6-7-23-14(20)22)16-5-3-11-17-13(19-18-11)10-2-1-4-15-8-10/h1-2,4,8H,3,5-7,9H2,(H,16,21)(H,17,18,19). The zero-order valence-corrected chi connectivity index (χ0v) is 12.4. The van der Waals surface area contributed by atoms with Crippen molar-refractivity contribution >= 4 is 12.0 Å². The molecule has 1 aliphatic heterocycles. The number of amides is 2. The highest BCUT2D eigenvalue weighted by atomic mass is 16.6. The Morgan fingerprint density at radius 3 is 3.13 bits per heavy atom. The molecule has 9 heteroatoms. The predicted octanol–water partition coefficient (Wildman–Crippen LogP) is -0.0224. The highest BCUT2D eigenvalue weighted by Gasteiger charge is 2.23. The summed E-state index contributed by atoms with van der Waals surface area (Å²) in [6.45, 7) is 1.20. The summed E-state index contributed by atoms with van der Waals surface area (Å²) in [6, 6.07) is 3.69. The minimum Gasteiger partial charge on any atom is -0.448 e. The molecule has 0 saturated carbocycles. The largest absolute Gasteiger partial charge is 0.448 e. The van der Waals surface area contributed by atoms with E-state index in [1.165, 1.54) is 4.90 Å². The molecule has 0 bridgehead atoms. The van der Waals surface area contributed by atoms with E-state index in [1.807, 2.05) is 12.1 Å². The Morgan fingerprint density at radius 2 is 2.39 bits per heavy atom. The van der Waals surface area contributed by atoms with Crippen molar-refractivity contribution in [3.8, 4) is 11.4 Å². The first-order valence-corrected chi connectivity index (χ1v) is 7.22. The summed E-state index contributed by atoms with van der Waals surface area (Å²) < 4.78 is 4.76. The molecule has 3 heterocycles. The lowest BCUT2D eigenvalue weighted by molar-refractivity contribution is -0.121. The molecular formula is C14H16N6O3. The van der Waals surface area contributed by atoms with Gasteiger partial charge < -0.3 is 10.1 Å². The van der Waals surface area contributed by atoms with Gasteiger partial charge in [-0.25, -0.2) is 9.78 Å². The summed E-state index contributed by atoms with van der Waals surface area (Å²) in [4.78, 5) is 32.7. The van der Waals surface area contributed by atoms with Crippen molar-refractivity contribution in [3.05, 3.63) is 30.4 Å². The Labute approximate surface area is 132 Å². The lowest BCUT2D eigenvalue weighted by Crippen LogP contribution is -2.38. The highest BCUT2D eigenvalue weighted by Crippen LogP contribution is 2.11. The number of H-pyrrole nitrogens is 1. The van der Waals surface area contributed by atoms with Gasteiger partial charge in [0.1, 0.15) is 19.0 Å². The molecular weight excluding hydrogens is 300 g/mol. The van der Waals surface area contributed by atoms with Crippen LogP contribution in [0.5, 0.6) is 0 Å². The van der Waals surface area contributed by atoms with Crippen LogP contribution in [0.2, 0.25) is 0 Å². The van der Waals surface area contributed by atoms with E-state index in [4.69, 9.17) is 4.74 Å². The van der Waals surface area contributed by atoms with Crippen LogP contribution in [0.1, 0.15) is 5.82 Å².